The quantitative estimate of drug-likeness (QED) is 0.825. The minimum Gasteiger partial charge on any atom is -0.383 e. The SMILES string of the molecule is COCCN[C@@H](C)c1sc(-c2cccnc2)nc1C. The van der Waals surface area contributed by atoms with E-state index < -0.39 is 0 Å². The molecule has 2 aromatic heterocycles. The van der Waals surface area contributed by atoms with E-state index in [1.54, 1.807) is 24.6 Å². The van der Waals surface area contributed by atoms with Gasteiger partial charge in [-0.2, -0.15) is 0 Å². The molecule has 0 aliphatic rings. The maximum absolute atomic E-state index is 5.05. The number of thiazole rings is 1. The summed E-state index contributed by atoms with van der Waals surface area (Å²) in [6.45, 7) is 5.78. The van der Waals surface area contributed by atoms with Crippen LogP contribution in [0.3, 0.4) is 0 Å². The van der Waals surface area contributed by atoms with Gasteiger partial charge in [-0.15, -0.1) is 11.3 Å². The molecule has 0 amide bonds. The van der Waals surface area contributed by atoms with Crippen LogP contribution in [-0.2, 0) is 4.74 Å². The monoisotopic (exact) mass is 277 g/mol. The van der Waals surface area contributed by atoms with E-state index in [-0.39, 0.29) is 6.04 Å². The molecule has 0 spiro atoms. The van der Waals surface area contributed by atoms with Crippen LogP contribution in [0.1, 0.15) is 23.5 Å². The zero-order valence-electron chi connectivity index (χ0n) is 11.5. The van der Waals surface area contributed by atoms with Crippen LogP contribution >= 0.6 is 11.3 Å². The van der Waals surface area contributed by atoms with E-state index in [1.165, 1.54) is 4.88 Å². The molecule has 2 rings (SSSR count). The molecule has 0 fully saturated rings. The zero-order valence-corrected chi connectivity index (χ0v) is 12.3. The van der Waals surface area contributed by atoms with Crippen molar-refractivity contribution in [1.29, 1.82) is 0 Å². The number of aromatic nitrogens is 2. The van der Waals surface area contributed by atoms with Crippen molar-refractivity contribution in [3.05, 3.63) is 35.1 Å². The normalized spacial score (nSPS) is 12.6. The van der Waals surface area contributed by atoms with Crippen molar-refractivity contribution in [2.45, 2.75) is 19.9 Å². The smallest absolute Gasteiger partial charge is 0.125 e. The third-order valence-corrected chi connectivity index (χ3v) is 4.28. The summed E-state index contributed by atoms with van der Waals surface area (Å²) in [5.41, 5.74) is 2.16. The second-order valence-corrected chi connectivity index (χ2v) is 5.41. The first kappa shape index (κ1) is 14.1. The highest BCUT2D eigenvalue weighted by molar-refractivity contribution is 7.15. The van der Waals surface area contributed by atoms with Crippen LogP contribution in [0, 0.1) is 6.92 Å². The highest BCUT2D eigenvalue weighted by Crippen LogP contribution is 2.31. The first-order chi connectivity index (χ1) is 9.22. The topological polar surface area (TPSA) is 47.0 Å². The Balaban J connectivity index is 2.13. The molecule has 2 heterocycles. The minimum atomic E-state index is 0.290. The van der Waals surface area contributed by atoms with Crippen molar-refractivity contribution in [3.8, 4) is 10.6 Å². The average Bonchev–Trinajstić information content (AvgIpc) is 2.82. The fourth-order valence-corrected chi connectivity index (χ4v) is 2.98. The minimum absolute atomic E-state index is 0.290. The number of aryl methyl sites for hydroxylation is 1. The van der Waals surface area contributed by atoms with Crippen LogP contribution in [-0.4, -0.2) is 30.2 Å². The Bertz CT molecular complexity index is 513. The van der Waals surface area contributed by atoms with Gasteiger partial charge in [0.15, 0.2) is 0 Å². The van der Waals surface area contributed by atoms with Crippen molar-refractivity contribution >= 4 is 11.3 Å². The molecule has 0 unspecified atom stereocenters. The van der Waals surface area contributed by atoms with E-state index >= 15 is 0 Å². The summed E-state index contributed by atoms with van der Waals surface area (Å²) in [6.07, 6.45) is 3.63. The molecule has 1 atom stereocenters. The summed E-state index contributed by atoms with van der Waals surface area (Å²) < 4.78 is 5.05. The highest BCUT2D eigenvalue weighted by Gasteiger charge is 2.14. The van der Waals surface area contributed by atoms with Gasteiger partial charge in [0.25, 0.3) is 0 Å². The Morgan fingerprint density at radius 3 is 3.00 bits per heavy atom. The molecular formula is C14H19N3OS. The van der Waals surface area contributed by atoms with Crippen molar-refractivity contribution in [1.82, 2.24) is 15.3 Å². The number of nitrogens with one attached hydrogen (secondary N) is 1. The van der Waals surface area contributed by atoms with Gasteiger partial charge in [-0.3, -0.25) is 4.98 Å². The van der Waals surface area contributed by atoms with Gasteiger partial charge in [0.05, 0.1) is 12.3 Å². The standard InChI is InChI=1S/C14H19N3OS/c1-10(16-7-8-18-3)13-11(2)17-14(19-13)12-5-4-6-15-9-12/h4-6,9-10,16H,7-8H2,1-3H3/t10-/m0/s1. The number of hydrogen-bond acceptors (Lipinski definition) is 5. The lowest BCUT2D eigenvalue weighted by Gasteiger charge is -2.11. The van der Waals surface area contributed by atoms with Gasteiger partial charge in [0.2, 0.25) is 0 Å². The molecule has 0 saturated carbocycles. The molecule has 4 nitrogen and oxygen atoms in total. The summed E-state index contributed by atoms with van der Waals surface area (Å²) in [7, 11) is 1.71. The average molecular weight is 277 g/mol. The first-order valence-electron chi connectivity index (χ1n) is 6.32. The van der Waals surface area contributed by atoms with Crippen LogP contribution in [0.2, 0.25) is 0 Å². The second-order valence-electron chi connectivity index (χ2n) is 4.38. The molecule has 0 aromatic carbocycles. The summed E-state index contributed by atoms with van der Waals surface area (Å²) in [5.74, 6) is 0. The Morgan fingerprint density at radius 2 is 2.32 bits per heavy atom. The molecule has 0 radical (unpaired) electrons. The summed E-state index contributed by atoms with van der Waals surface area (Å²) >= 11 is 1.72. The van der Waals surface area contributed by atoms with E-state index in [9.17, 15) is 0 Å². The van der Waals surface area contributed by atoms with Crippen LogP contribution in [0.4, 0.5) is 0 Å². The Labute approximate surface area is 117 Å². The molecule has 2 aromatic rings. The van der Waals surface area contributed by atoms with Gasteiger partial charge in [0.1, 0.15) is 5.01 Å². The Morgan fingerprint density at radius 1 is 1.47 bits per heavy atom. The van der Waals surface area contributed by atoms with Crippen molar-refractivity contribution in [3.63, 3.8) is 0 Å². The molecule has 102 valence electrons. The number of pyridine rings is 1. The lowest BCUT2D eigenvalue weighted by molar-refractivity contribution is 0.196. The summed E-state index contributed by atoms with van der Waals surface area (Å²) in [4.78, 5) is 10.1. The molecule has 19 heavy (non-hydrogen) atoms. The maximum Gasteiger partial charge on any atom is 0.125 e. The van der Waals surface area contributed by atoms with E-state index in [1.807, 2.05) is 18.3 Å². The predicted octanol–water partition coefficient (Wildman–Crippen LogP) is 2.81. The first-order valence-corrected chi connectivity index (χ1v) is 7.14. The third kappa shape index (κ3) is 3.59. The number of nitrogens with zero attached hydrogens (tertiary/aromatic N) is 2. The molecule has 0 aliphatic carbocycles. The van der Waals surface area contributed by atoms with E-state index in [2.05, 4.69) is 29.1 Å². The molecule has 0 saturated heterocycles. The van der Waals surface area contributed by atoms with Crippen molar-refractivity contribution in [2.24, 2.45) is 0 Å². The van der Waals surface area contributed by atoms with E-state index in [4.69, 9.17) is 4.74 Å². The predicted molar refractivity (Wildman–Crippen MR) is 78.4 cm³/mol. The molecular weight excluding hydrogens is 258 g/mol. The number of hydrogen-bond donors (Lipinski definition) is 1. The van der Waals surface area contributed by atoms with Gasteiger partial charge < -0.3 is 10.1 Å². The Hall–Kier alpha value is -1.30. The number of ether oxygens (including phenoxy) is 1. The highest BCUT2D eigenvalue weighted by atomic mass is 32.1. The van der Waals surface area contributed by atoms with Crippen LogP contribution < -0.4 is 5.32 Å². The third-order valence-electron chi connectivity index (χ3n) is 2.89. The van der Waals surface area contributed by atoms with Gasteiger partial charge >= 0.3 is 0 Å². The molecule has 0 aliphatic heterocycles. The van der Waals surface area contributed by atoms with Crippen LogP contribution in [0.5, 0.6) is 0 Å². The second kappa shape index (κ2) is 6.75. The van der Waals surface area contributed by atoms with Gasteiger partial charge in [-0.1, -0.05) is 0 Å². The Kier molecular flexibility index (Phi) is 5.01. The largest absolute Gasteiger partial charge is 0.383 e. The fraction of sp³-hybridized carbons (Fsp3) is 0.429. The number of methoxy groups -OCH3 is 1. The molecule has 1 N–H and O–H groups in total. The van der Waals surface area contributed by atoms with E-state index in [0.717, 1.165) is 29.4 Å². The lowest BCUT2D eigenvalue weighted by atomic mass is 10.2. The maximum atomic E-state index is 5.05. The van der Waals surface area contributed by atoms with Crippen molar-refractivity contribution in [2.75, 3.05) is 20.3 Å². The zero-order chi connectivity index (χ0) is 13.7. The molecule has 0 bridgehead atoms. The molecule has 5 heteroatoms. The number of rotatable bonds is 6. The van der Waals surface area contributed by atoms with Crippen LogP contribution in [0.25, 0.3) is 10.6 Å². The van der Waals surface area contributed by atoms with Gasteiger partial charge in [-0.05, 0) is 26.0 Å². The van der Waals surface area contributed by atoms with Crippen molar-refractivity contribution < 1.29 is 4.74 Å². The summed E-state index contributed by atoms with van der Waals surface area (Å²) in [6, 6.07) is 4.27. The van der Waals surface area contributed by atoms with Gasteiger partial charge in [0, 0.05) is 42.5 Å². The lowest BCUT2D eigenvalue weighted by Crippen LogP contribution is -2.22. The van der Waals surface area contributed by atoms with Crippen LogP contribution in [0.15, 0.2) is 24.5 Å². The van der Waals surface area contributed by atoms with E-state index in [0.29, 0.717) is 0 Å². The summed E-state index contributed by atoms with van der Waals surface area (Å²) in [5, 5.41) is 4.46. The van der Waals surface area contributed by atoms with Gasteiger partial charge in [-0.25, -0.2) is 4.98 Å². The fourth-order valence-electron chi connectivity index (χ4n) is 1.89.